The fourth-order valence-corrected chi connectivity index (χ4v) is 3.25. The van der Waals surface area contributed by atoms with Gasteiger partial charge in [0, 0.05) is 12.3 Å². The zero-order valence-electron chi connectivity index (χ0n) is 21.4. The molecule has 0 bridgehead atoms. The second-order valence-electron chi connectivity index (χ2n) is 9.01. The van der Waals surface area contributed by atoms with Crippen molar-refractivity contribution in [1.29, 1.82) is 0 Å². The lowest BCUT2D eigenvalue weighted by molar-refractivity contribution is -0.134. The van der Waals surface area contributed by atoms with Gasteiger partial charge in [-0.3, -0.25) is 14.4 Å². The normalized spacial score (nSPS) is 14.9. The molecule has 0 rings (SSSR count). The molecule has 0 saturated carbocycles. The molecule has 0 aromatic heterocycles. The van der Waals surface area contributed by atoms with E-state index in [2.05, 4.69) is 45.3 Å². The predicted molar refractivity (Wildman–Crippen MR) is 127 cm³/mol. The van der Waals surface area contributed by atoms with Crippen LogP contribution in [0.2, 0.25) is 0 Å². The molecule has 0 fully saturated rings. The fraction of sp³-hybridized carbons (Fsp3) is 0.880. The van der Waals surface area contributed by atoms with Gasteiger partial charge in [-0.2, -0.15) is 0 Å². The van der Waals surface area contributed by atoms with Gasteiger partial charge < -0.3 is 10.6 Å². The molecular weight excluding hydrogens is 376 g/mol. The predicted octanol–water partition coefficient (Wildman–Crippen LogP) is 5.52. The quantitative estimate of drug-likeness (QED) is 0.359. The molecule has 30 heavy (non-hydrogen) atoms. The van der Waals surface area contributed by atoms with Gasteiger partial charge in [-0.05, 0) is 30.6 Å². The molecule has 0 saturated heterocycles. The minimum absolute atomic E-state index is 0.0445. The Morgan fingerprint density at radius 1 is 0.833 bits per heavy atom. The third-order valence-electron chi connectivity index (χ3n) is 5.59. The number of ketones is 1. The Labute approximate surface area is 186 Å². The van der Waals surface area contributed by atoms with Crippen LogP contribution in [-0.2, 0) is 14.4 Å². The summed E-state index contributed by atoms with van der Waals surface area (Å²) in [6.45, 7) is 20.1. The third kappa shape index (κ3) is 12.3. The van der Waals surface area contributed by atoms with Gasteiger partial charge in [0.25, 0.3) is 0 Å². The van der Waals surface area contributed by atoms with Crippen LogP contribution in [0.4, 0.5) is 0 Å². The van der Waals surface area contributed by atoms with Crippen LogP contribution in [0.15, 0.2) is 0 Å². The zero-order valence-corrected chi connectivity index (χ0v) is 21.4. The summed E-state index contributed by atoms with van der Waals surface area (Å²) in [5.74, 6) is 0.161. The van der Waals surface area contributed by atoms with Gasteiger partial charge in [-0.1, -0.05) is 88.5 Å². The highest BCUT2D eigenvalue weighted by molar-refractivity contribution is 5.93. The van der Waals surface area contributed by atoms with Gasteiger partial charge in [0.2, 0.25) is 11.8 Å². The number of Topliss-reactive ketones (excluding diaryl/α,β-unsaturated/α-hetero) is 1. The number of hydrogen-bond donors (Lipinski definition) is 2. The minimum atomic E-state index is -0.615. The molecule has 0 aliphatic carbocycles. The van der Waals surface area contributed by atoms with E-state index in [9.17, 15) is 14.4 Å². The molecule has 0 heterocycles. The third-order valence-corrected chi connectivity index (χ3v) is 5.59. The smallest absolute Gasteiger partial charge is 0.243 e. The van der Waals surface area contributed by atoms with Gasteiger partial charge in [0.1, 0.15) is 6.04 Å². The molecule has 5 nitrogen and oxygen atoms in total. The Morgan fingerprint density at radius 2 is 1.40 bits per heavy atom. The fourth-order valence-electron chi connectivity index (χ4n) is 3.25. The maximum atomic E-state index is 13.0. The Morgan fingerprint density at radius 3 is 1.83 bits per heavy atom. The summed E-state index contributed by atoms with van der Waals surface area (Å²) >= 11 is 0. The standard InChI is InChI=1S/C23H44N2O3.C2H6/c1-9-11-12-13-20(26)25-21(16(5)6)23(28)24-19(14-15(3)4)22(27)18(8)17(7)10-2;1-2/h15-19,21H,9-14H2,1-8H3,(H,24,28)(H,25,26);1-2H3. The van der Waals surface area contributed by atoms with Crippen LogP contribution in [0.25, 0.3) is 0 Å². The first kappa shape index (κ1) is 30.8. The lowest BCUT2D eigenvalue weighted by Crippen LogP contribution is -2.54. The highest BCUT2D eigenvalue weighted by Crippen LogP contribution is 2.20. The molecule has 5 heteroatoms. The molecule has 2 amide bonds. The molecule has 0 radical (unpaired) electrons. The summed E-state index contributed by atoms with van der Waals surface area (Å²) in [5.41, 5.74) is 0. The second-order valence-corrected chi connectivity index (χ2v) is 9.01. The SMILES string of the molecule is CC.CCCCCC(=O)NC(C(=O)NC(CC(C)C)C(=O)C(C)C(C)CC)C(C)C. The topological polar surface area (TPSA) is 75.3 Å². The molecule has 178 valence electrons. The van der Waals surface area contributed by atoms with Crippen molar-refractivity contribution in [3.8, 4) is 0 Å². The summed E-state index contributed by atoms with van der Waals surface area (Å²) < 4.78 is 0. The maximum absolute atomic E-state index is 13.0. The molecule has 0 aliphatic rings. The minimum Gasteiger partial charge on any atom is -0.344 e. The summed E-state index contributed by atoms with van der Waals surface area (Å²) in [6.07, 6.45) is 4.86. The molecule has 0 spiro atoms. The Bertz CT molecular complexity index is 489. The molecule has 4 atom stereocenters. The van der Waals surface area contributed by atoms with Crippen LogP contribution in [-0.4, -0.2) is 29.7 Å². The maximum Gasteiger partial charge on any atom is 0.243 e. The monoisotopic (exact) mass is 426 g/mol. The Hall–Kier alpha value is -1.39. The number of rotatable bonds is 14. The van der Waals surface area contributed by atoms with Crippen molar-refractivity contribution in [3.63, 3.8) is 0 Å². The summed E-state index contributed by atoms with van der Waals surface area (Å²) in [5, 5.41) is 5.83. The van der Waals surface area contributed by atoms with E-state index in [-0.39, 0.29) is 35.4 Å². The van der Waals surface area contributed by atoms with Crippen LogP contribution >= 0.6 is 0 Å². The molecule has 4 unspecified atom stereocenters. The number of nitrogens with one attached hydrogen (secondary N) is 2. The Kier molecular flexibility index (Phi) is 17.8. The lowest BCUT2D eigenvalue weighted by atomic mass is 9.84. The first-order chi connectivity index (χ1) is 14.0. The van der Waals surface area contributed by atoms with Crippen molar-refractivity contribution in [2.45, 2.75) is 120 Å². The van der Waals surface area contributed by atoms with Gasteiger partial charge >= 0.3 is 0 Å². The van der Waals surface area contributed by atoms with Crippen LogP contribution in [0.5, 0.6) is 0 Å². The highest BCUT2D eigenvalue weighted by Gasteiger charge is 2.32. The summed E-state index contributed by atoms with van der Waals surface area (Å²) in [4.78, 5) is 38.1. The number of amides is 2. The number of hydrogen-bond acceptors (Lipinski definition) is 3. The number of carbonyl (C=O) groups excluding carboxylic acids is 3. The van der Waals surface area contributed by atoms with Crippen molar-refractivity contribution >= 4 is 17.6 Å². The van der Waals surface area contributed by atoms with Crippen LogP contribution in [0, 0.1) is 23.7 Å². The van der Waals surface area contributed by atoms with Gasteiger partial charge in [-0.25, -0.2) is 0 Å². The molecule has 0 aromatic carbocycles. The highest BCUT2D eigenvalue weighted by atomic mass is 16.2. The van der Waals surface area contributed by atoms with E-state index in [0.29, 0.717) is 18.8 Å². The van der Waals surface area contributed by atoms with Crippen molar-refractivity contribution < 1.29 is 14.4 Å². The van der Waals surface area contributed by atoms with Crippen molar-refractivity contribution in [1.82, 2.24) is 10.6 Å². The first-order valence-electron chi connectivity index (χ1n) is 12.2. The van der Waals surface area contributed by atoms with Crippen LogP contribution < -0.4 is 10.6 Å². The van der Waals surface area contributed by atoms with E-state index in [0.717, 1.165) is 25.7 Å². The average Bonchev–Trinajstić information content (AvgIpc) is 2.70. The van der Waals surface area contributed by atoms with Crippen molar-refractivity contribution in [2.24, 2.45) is 23.7 Å². The largest absolute Gasteiger partial charge is 0.344 e. The van der Waals surface area contributed by atoms with Crippen molar-refractivity contribution in [3.05, 3.63) is 0 Å². The average molecular weight is 427 g/mol. The second kappa shape index (κ2) is 17.3. The summed E-state index contributed by atoms with van der Waals surface area (Å²) in [6, 6.07) is -1.12. The molecule has 0 aliphatic heterocycles. The van der Waals surface area contributed by atoms with Crippen molar-refractivity contribution in [2.75, 3.05) is 0 Å². The van der Waals surface area contributed by atoms with E-state index in [1.54, 1.807) is 0 Å². The van der Waals surface area contributed by atoms with E-state index in [1.807, 2.05) is 34.6 Å². The van der Waals surface area contributed by atoms with E-state index in [1.165, 1.54) is 0 Å². The number of unbranched alkanes of at least 4 members (excludes halogenated alkanes) is 2. The zero-order chi connectivity index (χ0) is 23.9. The lowest BCUT2D eigenvalue weighted by Gasteiger charge is -2.28. The first-order valence-corrected chi connectivity index (χ1v) is 12.2. The Balaban J connectivity index is 0. The van der Waals surface area contributed by atoms with Gasteiger partial charge in [0.05, 0.1) is 6.04 Å². The summed E-state index contributed by atoms with van der Waals surface area (Å²) in [7, 11) is 0. The van der Waals surface area contributed by atoms with Gasteiger partial charge in [0.15, 0.2) is 5.78 Å². The van der Waals surface area contributed by atoms with E-state index < -0.39 is 12.1 Å². The van der Waals surface area contributed by atoms with Gasteiger partial charge in [-0.15, -0.1) is 0 Å². The van der Waals surface area contributed by atoms with E-state index >= 15 is 0 Å². The number of carbonyl (C=O) groups is 3. The van der Waals surface area contributed by atoms with Crippen LogP contribution in [0.1, 0.15) is 108 Å². The van der Waals surface area contributed by atoms with E-state index in [4.69, 9.17) is 0 Å². The molecule has 0 aromatic rings. The molecular formula is C25H50N2O3. The van der Waals surface area contributed by atoms with Crippen LogP contribution in [0.3, 0.4) is 0 Å². The molecule has 2 N–H and O–H groups in total.